The van der Waals surface area contributed by atoms with Crippen LogP contribution >= 0.6 is 52.0 Å². The molecule has 1 atom stereocenters. The van der Waals surface area contributed by atoms with Crippen LogP contribution in [0.25, 0.3) is 0 Å². The number of carboxylic acids is 1. The molecule has 0 fully saturated rings. The van der Waals surface area contributed by atoms with Crippen molar-refractivity contribution in [2.45, 2.75) is 24.8 Å². The second-order valence-electron chi connectivity index (χ2n) is 4.38. The lowest BCUT2D eigenvalue weighted by molar-refractivity contribution is -0.139. The Morgan fingerprint density at radius 1 is 1.35 bits per heavy atom. The molecule has 0 heterocycles. The van der Waals surface area contributed by atoms with Gasteiger partial charge in [0.15, 0.2) is 0 Å². The molecule has 0 saturated carbocycles. The third-order valence-corrected chi connectivity index (χ3v) is 10.2. The smallest absolute Gasteiger partial charge is 0.322 e. The predicted molar refractivity (Wildman–Crippen MR) is 115 cm³/mol. The SMILES string of the molecule is CCOP(=S)(OCC)SCSc1cc(Cl)ccc1Cl.N[C@@H](CO)C(=O)O. The van der Waals surface area contributed by atoms with E-state index in [2.05, 4.69) is 0 Å². The predicted octanol–water partition coefficient (Wildman–Crippen LogP) is 4.46. The monoisotopic (exact) mass is 481 g/mol. The zero-order chi connectivity index (χ0) is 20.2. The number of hydrogen-bond donors (Lipinski definition) is 3. The van der Waals surface area contributed by atoms with Crippen molar-refractivity contribution in [3.05, 3.63) is 28.2 Å². The number of thioether (sulfide) groups is 1. The molecule has 1 aromatic rings. The molecule has 0 amide bonds. The summed E-state index contributed by atoms with van der Waals surface area (Å²) < 4.78 is 11.1. The summed E-state index contributed by atoms with van der Waals surface area (Å²) in [7, 11) is 0. The van der Waals surface area contributed by atoms with Gasteiger partial charge in [-0.2, -0.15) is 0 Å². The minimum absolute atomic E-state index is 0.505. The molecule has 0 saturated heterocycles. The van der Waals surface area contributed by atoms with E-state index in [9.17, 15) is 4.79 Å². The maximum absolute atomic E-state index is 9.65. The van der Waals surface area contributed by atoms with Crippen molar-refractivity contribution in [2.75, 3.05) is 24.9 Å². The first kappa shape index (κ1) is 26.5. The number of benzene rings is 1. The lowest BCUT2D eigenvalue weighted by Crippen LogP contribution is -2.33. The number of aliphatic carboxylic acids is 1. The largest absolute Gasteiger partial charge is 0.480 e. The minimum atomic E-state index is -2.23. The number of carboxylic acid groups (broad SMARTS) is 1. The van der Waals surface area contributed by atoms with Crippen molar-refractivity contribution in [3.8, 4) is 0 Å². The maximum Gasteiger partial charge on any atom is 0.322 e. The van der Waals surface area contributed by atoms with Gasteiger partial charge in [-0.25, -0.2) is 0 Å². The number of hydrogen-bond acceptors (Lipinski definition) is 8. The van der Waals surface area contributed by atoms with Crippen LogP contribution in [0.3, 0.4) is 0 Å². The fraction of sp³-hybridized carbons (Fsp3) is 0.500. The summed E-state index contributed by atoms with van der Waals surface area (Å²) >= 11 is 20.6. The van der Waals surface area contributed by atoms with E-state index >= 15 is 0 Å². The van der Waals surface area contributed by atoms with Crippen LogP contribution in [0.15, 0.2) is 23.1 Å². The zero-order valence-electron chi connectivity index (χ0n) is 14.3. The standard InChI is InChI=1S/C11H15Cl2O2PS3.C3H7NO3/c1-3-14-16(17,15-4-2)19-8-18-11-7-9(12)5-6-10(11)13;4-2(1-5)3(6)7/h5-7H,3-4,8H2,1-2H3;2,5H,1,4H2,(H,6,7)/t;2-/m.0/s1. The Labute approximate surface area is 177 Å². The number of halogens is 2. The van der Waals surface area contributed by atoms with E-state index in [0.29, 0.717) is 23.3 Å². The molecule has 0 aliphatic carbocycles. The first-order chi connectivity index (χ1) is 12.2. The van der Waals surface area contributed by atoms with Crippen LogP contribution in [0.2, 0.25) is 10.0 Å². The van der Waals surface area contributed by atoms with Crippen LogP contribution in [-0.4, -0.2) is 47.1 Å². The van der Waals surface area contributed by atoms with Crippen molar-refractivity contribution in [3.63, 3.8) is 0 Å². The zero-order valence-corrected chi connectivity index (χ0v) is 19.1. The van der Waals surface area contributed by atoms with Gasteiger partial charge in [0, 0.05) is 9.92 Å². The maximum atomic E-state index is 9.65. The van der Waals surface area contributed by atoms with Crippen LogP contribution < -0.4 is 5.73 Å². The summed E-state index contributed by atoms with van der Waals surface area (Å²) in [6.45, 7) is 4.46. The van der Waals surface area contributed by atoms with E-state index in [1.165, 1.54) is 11.4 Å². The average Bonchev–Trinajstić information content (AvgIpc) is 2.58. The quantitative estimate of drug-likeness (QED) is 0.253. The summed E-state index contributed by atoms with van der Waals surface area (Å²) in [5, 5.41) is 18.0. The molecule has 0 bridgehead atoms. The van der Waals surface area contributed by atoms with Gasteiger partial charge in [-0.1, -0.05) is 34.6 Å². The van der Waals surface area contributed by atoms with Crippen molar-refractivity contribution < 1.29 is 24.1 Å². The van der Waals surface area contributed by atoms with Gasteiger partial charge in [-0.05, 0) is 43.9 Å². The van der Waals surface area contributed by atoms with E-state index < -0.39 is 24.3 Å². The van der Waals surface area contributed by atoms with Gasteiger partial charge in [0.1, 0.15) is 6.04 Å². The second-order valence-corrected chi connectivity index (χ2v) is 12.9. The molecule has 4 N–H and O–H groups in total. The van der Waals surface area contributed by atoms with Gasteiger partial charge in [0.25, 0.3) is 0 Å². The summed E-state index contributed by atoms with van der Waals surface area (Å²) in [4.78, 5) is 10.6. The highest BCUT2D eigenvalue weighted by atomic mass is 35.5. The van der Waals surface area contributed by atoms with Crippen molar-refractivity contribution in [1.82, 2.24) is 0 Å². The van der Waals surface area contributed by atoms with Gasteiger partial charge in [-0.15, -0.1) is 11.8 Å². The molecular formula is C14H22Cl2NO5PS3. The Kier molecular flexibility index (Phi) is 14.7. The molecule has 150 valence electrons. The number of nitrogens with two attached hydrogens (primary N) is 1. The van der Waals surface area contributed by atoms with Crippen LogP contribution in [0.4, 0.5) is 0 Å². The van der Waals surface area contributed by atoms with Crippen molar-refractivity contribution in [1.29, 1.82) is 0 Å². The third kappa shape index (κ3) is 11.3. The Bertz CT molecular complexity index is 602. The van der Waals surface area contributed by atoms with E-state index in [0.717, 1.165) is 9.98 Å². The van der Waals surface area contributed by atoms with Crippen LogP contribution in [0.5, 0.6) is 0 Å². The van der Waals surface area contributed by atoms with Crippen molar-refractivity contribution >= 4 is 69.8 Å². The number of aliphatic hydroxyl groups is 1. The summed E-state index contributed by atoms with van der Waals surface area (Å²) in [6, 6.07) is 4.28. The lowest BCUT2D eigenvalue weighted by Gasteiger charge is -2.19. The van der Waals surface area contributed by atoms with E-state index in [-0.39, 0.29) is 0 Å². The molecule has 0 unspecified atom stereocenters. The molecule has 0 radical (unpaired) electrons. The summed E-state index contributed by atoms with van der Waals surface area (Å²) in [5.41, 5.74) is 2.54. The first-order valence-corrected chi connectivity index (χ1v) is 13.4. The van der Waals surface area contributed by atoms with Crippen molar-refractivity contribution in [2.24, 2.45) is 5.73 Å². The number of carbonyl (C=O) groups is 1. The van der Waals surface area contributed by atoms with Gasteiger partial charge in [0.2, 0.25) is 5.69 Å². The van der Waals surface area contributed by atoms with E-state index in [1.807, 2.05) is 19.9 Å². The number of aliphatic hydroxyl groups excluding tert-OH is 1. The van der Waals surface area contributed by atoms with Gasteiger partial charge >= 0.3 is 5.97 Å². The highest BCUT2D eigenvalue weighted by molar-refractivity contribution is 8.69. The van der Waals surface area contributed by atoms with Gasteiger partial charge in [-0.3, -0.25) is 4.79 Å². The second kappa shape index (κ2) is 14.5. The van der Waals surface area contributed by atoms with Crippen LogP contribution in [-0.2, 0) is 25.6 Å². The molecule has 0 aliphatic rings. The fourth-order valence-electron chi connectivity index (χ4n) is 1.25. The molecule has 1 aromatic carbocycles. The molecule has 26 heavy (non-hydrogen) atoms. The first-order valence-electron chi connectivity index (χ1n) is 7.39. The third-order valence-electron chi connectivity index (χ3n) is 2.41. The summed E-state index contributed by atoms with van der Waals surface area (Å²) in [6.07, 6.45) is 0. The highest BCUT2D eigenvalue weighted by Gasteiger charge is 2.19. The molecular weight excluding hydrogens is 460 g/mol. The fourth-order valence-corrected chi connectivity index (χ4v) is 8.78. The molecule has 12 heteroatoms. The average molecular weight is 482 g/mol. The number of rotatable bonds is 10. The van der Waals surface area contributed by atoms with Crippen LogP contribution in [0.1, 0.15) is 13.8 Å². The lowest BCUT2D eigenvalue weighted by atomic mass is 10.3. The molecule has 6 nitrogen and oxygen atoms in total. The van der Waals surface area contributed by atoms with E-state index in [1.54, 1.807) is 23.9 Å². The van der Waals surface area contributed by atoms with Gasteiger partial charge < -0.3 is 25.0 Å². The topological polar surface area (TPSA) is 102 Å². The normalized spacial score (nSPS) is 12.2. The molecule has 1 rings (SSSR count). The Morgan fingerprint density at radius 3 is 2.35 bits per heavy atom. The Morgan fingerprint density at radius 2 is 1.92 bits per heavy atom. The van der Waals surface area contributed by atoms with Crippen LogP contribution in [0, 0.1) is 0 Å². The highest BCUT2D eigenvalue weighted by Crippen LogP contribution is 2.62. The Hall–Kier alpha value is 0.460. The summed E-state index contributed by atoms with van der Waals surface area (Å²) in [5.74, 6) is -1.18. The molecule has 0 aromatic heterocycles. The van der Waals surface area contributed by atoms with Gasteiger partial charge in [0.05, 0.1) is 29.9 Å². The molecule has 0 aliphatic heterocycles. The molecule has 0 spiro atoms. The Balaban J connectivity index is 0.000000758. The van der Waals surface area contributed by atoms with E-state index in [4.69, 9.17) is 60.0 Å². The minimum Gasteiger partial charge on any atom is -0.480 e.